The first-order chi connectivity index (χ1) is 6.20. The summed E-state index contributed by atoms with van der Waals surface area (Å²) in [5.74, 6) is -0.615. The number of rotatable bonds is 2. The van der Waals surface area contributed by atoms with Crippen molar-refractivity contribution < 1.29 is 12.3 Å². The molecule has 0 aliphatic rings. The highest BCUT2D eigenvalue weighted by Crippen LogP contribution is 2.24. The van der Waals surface area contributed by atoms with Crippen LogP contribution in [0.1, 0.15) is 32.0 Å². The second-order valence-corrected chi connectivity index (χ2v) is 5.57. The third-order valence-electron chi connectivity index (χ3n) is 1.80. The summed E-state index contributed by atoms with van der Waals surface area (Å²) in [4.78, 5) is 0. The zero-order valence-electron chi connectivity index (χ0n) is 8.33. The van der Waals surface area contributed by atoms with Gasteiger partial charge >= 0.3 is 10.2 Å². The number of nitrogens with one attached hydrogen (secondary N) is 1. The highest BCUT2D eigenvalue weighted by molar-refractivity contribution is 7.85. The van der Waals surface area contributed by atoms with Gasteiger partial charge in [-0.15, -0.1) is 3.89 Å². The second-order valence-electron chi connectivity index (χ2n) is 4.20. The molecule has 0 saturated heterocycles. The standard InChI is InChI=1S/C8H13FN2O2S/c1-8(2,3)7-6(4-10-11-7)5-14(9,12)13/h4H,5H2,1-3H3,(H,10,11). The maximum Gasteiger partial charge on any atom is 0.306 e. The third-order valence-corrected chi connectivity index (χ3v) is 2.45. The molecule has 1 heterocycles. The molecule has 0 radical (unpaired) electrons. The molecule has 1 aromatic rings. The van der Waals surface area contributed by atoms with Crippen molar-refractivity contribution in [3.8, 4) is 0 Å². The monoisotopic (exact) mass is 220 g/mol. The number of aromatic nitrogens is 2. The van der Waals surface area contributed by atoms with Gasteiger partial charge in [0.2, 0.25) is 0 Å². The van der Waals surface area contributed by atoms with Crippen molar-refractivity contribution in [2.24, 2.45) is 0 Å². The van der Waals surface area contributed by atoms with Crippen molar-refractivity contribution in [2.75, 3.05) is 0 Å². The molecule has 0 unspecified atom stereocenters. The van der Waals surface area contributed by atoms with E-state index in [-0.39, 0.29) is 5.41 Å². The van der Waals surface area contributed by atoms with E-state index in [9.17, 15) is 12.3 Å². The molecule has 0 saturated carbocycles. The maximum atomic E-state index is 12.5. The topological polar surface area (TPSA) is 62.8 Å². The Kier molecular flexibility index (Phi) is 2.67. The summed E-state index contributed by atoms with van der Waals surface area (Å²) < 4.78 is 33.4. The number of hydrogen-bond acceptors (Lipinski definition) is 3. The van der Waals surface area contributed by atoms with Crippen molar-refractivity contribution in [2.45, 2.75) is 31.9 Å². The van der Waals surface area contributed by atoms with Crippen LogP contribution in [0.15, 0.2) is 6.20 Å². The minimum absolute atomic E-state index is 0.267. The molecular formula is C8H13FN2O2S. The van der Waals surface area contributed by atoms with Crippen LogP contribution in [0.2, 0.25) is 0 Å². The summed E-state index contributed by atoms with van der Waals surface area (Å²) in [5, 5.41) is 6.40. The molecule has 80 valence electrons. The molecule has 0 spiro atoms. The van der Waals surface area contributed by atoms with E-state index in [0.29, 0.717) is 11.3 Å². The Labute approximate surface area is 82.7 Å². The quantitative estimate of drug-likeness (QED) is 0.768. The fourth-order valence-corrected chi connectivity index (χ4v) is 1.85. The molecule has 0 bridgehead atoms. The van der Waals surface area contributed by atoms with Gasteiger partial charge in [-0.2, -0.15) is 13.5 Å². The van der Waals surface area contributed by atoms with E-state index < -0.39 is 16.0 Å². The second kappa shape index (κ2) is 3.34. The van der Waals surface area contributed by atoms with Gasteiger partial charge in [0.25, 0.3) is 0 Å². The summed E-state index contributed by atoms with van der Waals surface area (Å²) in [7, 11) is -4.49. The van der Waals surface area contributed by atoms with Crippen LogP contribution in [0, 0.1) is 0 Å². The van der Waals surface area contributed by atoms with E-state index in [1.54, 1.807) is 0 Å². The zero-order chi connectivity index (χ0) is 11.0. The molecule has 0 amide bonds. The summed E-state index contributed by atoms with van der Waals surface area (Å²) in [6.45, 7) is 5.69. The Balaban J connectivity index is 3.06. The van der Waals surface area contributed by atoms with E-state index in [1.807, 2.05) is 20.8 Å². The highest BCUT2D eigenvalue weighted by atomic mass is 32.3. The van der Waals surface area contributed by atoms with Crippen molar-refractivity contribution in [3.63, 3.8) is 0 Å². The van der Waals surface area contributed by atoms with Crippen LogP contribution in [0.25, 0.3) is 0 Å². The van der Waals surface area contributed by atoms with Crippen LogP contribution in [0.5, 0.6) is 0 Å². The van der Waals surface area contributed by atoms with Crippen LogP contribution < -0.4 is 0 Å². The van der Waals surface area contributed by atoms with Gasteiger partial charge in [0.05, 0.1) is 6.20 Å². The van der Waals surface area contributed by atoms with Crippen molar-refractivity contribution in [1.82, 2.24) is 10.2 Å². The van der Waals surface area contributed by atoms with Gasteiger partial charge < -0.3 is 0 Å². The average Bonchev–Trinajstić information content (AvgIpc) is 2.29. The number of hydrogen-bond donors (Lipinski definition) is 1. The van der Waals surface area contributed by atoms with Gasteiger partial charge in [0, 0.05) is 16.7 Å². The van der Waals surface area contributed by atoms with Crippen LogP contribution >= 0.6 is 0 Å². The molecule has 4 nitrogen and oxygen atoms in total. The number of H-pyrrole nitrogens is 1. The predicted molar refractivity (Wildman–Crippen MR) is 51.0 cm³/mol. The fraction of sp³-hybridized carbons (Fsp3) is 0.625. The minimum Gasteiger partial charge on any atom is -0.282 e. The average molecular weight is 220 g/mol. The third kappa shape index (κ3) is 2.80. The Morgan fingerprint density at radius 2 is 2.07 bits per heavy atom. The van der Waals surface area contributed by atoms with Gasteiger partial charge in [-0.3, -0.25) is 5.10 Å². The molecule has 0 atom stereocenters. The largest absolute Gasteiger partial charge is 0.306 e. The fourth-order valence-electron chi connectivity index (χ4n) is 1.26. The van der Waals surface area contributed by atoms with E-state index in [1.165, 1.54) is 6.20 Å². The van der Waals surface area contributed by atoms with Crippen molar-refractivity contribution >= 4 is 10.2 Å². The molecule has 6 heteroatoms. The Hall–Kier alpha value is -0.910. The molecule has 1 aromatic heterocycles. The molecule has 0 aromatic carbocycles. The molecule has 14 heavy (non-hydrogen) atoms. The Morgan fingerprint density at radius 3 is 2.50 bits per heavy atom. The first-order valence-electron chi connectivity index (χ1n) is 4.15. The molecule has 0 aliphatic heterocycles. The van der Waals surface area contributed by atoms with E-state index in [4.69, 9.17) is 0 Å². The van der Waals surface area contributed by atoms with Gasteiger partial charge in [0.15, 0.2) is 0 Å². The summed E-state index contributed by atoms with van der Waals surface area (Å²) in [6, 6.07) is 0. The lowest BCUT2D eigenvalue weighted by atomic mass is 9.90. The van der Waals surface area contributed by atoms with Gasteiger partial charge in [-0.25, -0.2) is 0 Å². The Morgan fingerprint density at radius 1 is 1.50 bits per heavy atom. The summed E-state index contributed by atoms with van der Waals surface area (Å²) >= 11 is 0. The minimum atomic E-state index is -4.49. The lowest BCUT2D eigenvalue weighted by molar-refractivity contribution is 0.545. The first-order valence-corrected chi connectivity index (χ1v) is 5.70. The summed E-state index contributed by atoms with van der Waals surface area (Å²) in [5.41, 5.74) is 0.773. The van der Waals surface area contributed by atoms with Crippen molar-refractivity contribution in [1.29, 1.82) is 0 Å². The zero-order valence-corrected chi connectivity index (χ0v) is 9.15. The van der Waals surface area contributed by atoms with Crippen LogP contribution in [0.4, 0.5) is 3.89 Å². The van der Waals surface area contributed by atoms with Gasteiger partial charge in [-0.05, 0) is 0 Å². The normalized spacial score (nSPS) is 13.1. The van der Waals surface area contributed by atoms with E-state index in [0.717, 1.165) is 0 Å². The molecule has 1 N–H and O–H groups in total. The van der Waals surface area contributed by atoms with Crippen LogP contribution in [-0.2, 0) is 21.4 Å². The molecular weight excluding hydrogens is 207 g/mol. The first kappa shape index (κ1) is 11.2. The molecule has 0 aliphatic carbocycles. The lowest BCUT2D eigenvalue weighted by Gasteiger charge is -2.17. The number of aromatic amines is 1. The van der Waals surface area contributed by atoms with Crippen LogP contribution in [0.3, 0.4) is 0 Å². The SMILES string of the molecule is CC(C)(C)c1[nH]ncc1CS(=O)(=O)F. The highest BCUT2D eigenvalue weighted by Gasteiger charge is 2.23. The Bertz CT molecular complexity index is 417. The van der Waals surface area contributed by atoms with E-state index in [2.05, 4.69) is 10.2 Å². The summed E-state index contributed by atoms with van der Waals surface area (Å²) in [6.07, 6.45) is 1.34. The van der Waals surface area contributed by atoms with Crippen LogP contribution in [-0.4, -0.2) is 18.6 Å². The van der Waals surface area contributed by atoms with Crippen molar-refractivity contribution in [3.05, 3.63) is 17.5 Å². The maximum absolute atomic E-state index is 12.5. The van der Waals surface area contributed by atoms with E-state index >= 15 is 0 Å². The number of halogens is 1. The smallest absolute Gasteiger partial charge is 0.282 e. The predicted octanol–water partition coefficient (Wildman–Crippen LogP) is 1.51. The lowest BCUT2D eigenvalue weighted by Crippen LogP contribution is -2.15. The molecule has 1 rings (SSSR count). The van der Waals surface area contributed by atoms with Gasteiger partial charge in [0.1, 0.15) is 5.75 Å². The number of nitrogens with zero attached hydrogens (tertiary/aromatic N) is 1. The van der Waals surface area contributed by atoms with Gasteiger partial charge in [-0.1, -0.05) is 20.8 Å². The molecule has 0 fully saturated rings.